The van der Waals surface area contributed by atoms with Crippen LogP contribution in [0.15, 0.2) is 60.7 Å². The van der Waals surface area contributed by atoms with Crippen molar-refractivity contribution in [2.45, 2.75) is 0 Å². The lowest BCUT2D eigenvalue weighted by molar-refractivity contribution is -0.394. The van der Waals surface area contributed by atoms with Gasteiger partial charge in [0.2, 0.25) is 0 Å². The fraction of sp³-hybridized carbons (Fsp3) is 0.0833. The molecule has 8 heteroatoms. The minimum absolute atomic E-state index is 0.228. The fourth-order valence-electron chi connectivity index (χ4n) is 3.16. The molecule has 0 spiro atoms. The first-order valence-corrected chi connectivity index (χ1v) is 9.53. The van der Waals surface area contributed by atoms with Gasteiger partial charge >= 0.3 is 0 Å². The van der Waals surface area contributed by atoms with Crippen molar-refractivity contribution in [2.75, 3.05) is 14.2 Å². The van der Waals surface area contributed by atoms with Crippen molar-refractivity contribution in [1.29, 1.82) is 0 Å². The first-order chi connectivity index (χ1) is 15.4. The van der Waals surface area contributed by atoms with Crippen LogP contribution >= 0.6 is 0 Å². The number of methoxy groups -OCH3 is 2. The molecule has 0 aliphatic rings. The zero-order valence-corrected chi connectivity index (χ0v) is 17.4. The van der Waals surface area contributed by atoms with E-state index in [0.717, 1.165) is 6.07 Å². The second kappa shape index (κ2) is 10.0. The van der Waals surface area contributed by atoms with Gasteiger partial charge in [0.15, 0.2) is 0 Å². The maximum absolute atomic E-state index is 11.6. The van der Waals surface area contributed by atoms with Gasteiger partial charge in [-0.15, -0.1) is 0 Å². The predicted molar refractivity (Wildman–Crippen MR) is 124 cm³/mol. The van der Waals surface area contributed by atoms with Crippen LogP contribution in [-0.4, -0.2) is 24.1 Å². The van der Waals surface area contributed by atoms with Crippen LogP contribution in [0.4, 0.5) is 11.4 Å². The third-order valence-corrected chi connectivity index (χ3v) is 4.73. The van der Waals surface area contributed by atoms with E-state index in [0.29, 0.717) is 22.6 Å². The first-order valence-electron chi connectivity index (χ1n) is 9.53. The minimum Gasteiger partial charge on any atom is -0.496 e. The van der Waals surface area contributed by atoms with Crippen LogP contribution in [0.3, 0.4) is 0 Å². The monoisotopic (exact) mass is 432 g/mol. The number of para-hydroxylation sites is 2. The molecule has 0 atom stereocenters. The number of hydrogen-bond acceptors (Lipinski definition) is 6. The van der Waals surface area contributed by atoms with Crippen LogP contribution in [-0.2, 0) is 0 Å². The molecule has 0 aliphatic heterocycles. The summed E-state index contributed by atoms with van der Waals surface area (Å²) in [6.07, 6.45) is 6.42. The minimum atomic E-state index is -0.636. The van der Waals surface area contributed by atoms with E-state index >= 15 is 0 Å². The van der Waals surface area contributed by atoms with Crippen molar-refractivity contribution in [3.8, 4) is 11.5 Å². The van der Waals surface area contributed by atoms with Crippen LogP contribution in [0.1, 0.15) is 22.3 Å². The first kappa shape index (κ1) is 22.2. The van der Waals surface area contributed by atoms with E-state index in [-0.39, 0.29) is 22.5 Å². The van der Waals surface area contributed by atoms with Crippen LogP contribution < -0.4 is 9.47 Å². The molecule has 0 aliphatic carbocycles. The highest BCUT2D eigenvalue weighted by Crippen LogP contribution is 2.33. The topological polar surface area (TPSA) is 105 Å². The van der Waals surface area contributed by atoms with E-state index in [9.17, 15) is 20.2 Å². The summed E-state index contributed by atoms with van der Waals surface area (Å²) >= 11 is 0. The van der Waals surface area contributed by atoms with Crippen molar-refractivity contribution in [3.63, 3.8) is 0 Å². The lowest BCUT2D eigenvalue weighted by Gasteiger charge is -2.06. The van der Waals surface area contributed by atoms with Crippen LogP contribution in [0.2, 0.25) is 0 Å². The number of nitro groups is 2. The Hall–Kier alpha value is -4.46. The van der Waals surface area contributed by atoms with Gasteiger partial charge in [-0.1, -0.05) is 48.6 Å². The summed E-state index contributed by atoms with van der Waals surface area (Å²) < 4.78 is 10.6. The van der Waals surface area contributed by atoms with Gasteiger partial charge in [0.25, 0.3) is 11.4 Å². The molecule has 3 aromatic rings. The van der Waals surface area contributed by atoms with Crippen molar-refractivity contribution >= 4 is 35.7 Å². The molecule has 162 valence electrons. The second-order valence-corrected chi connectivity index (χ2v) is 6.63. The van der Waals surface area contributed by atoms with E-state index in [1.165, 1.54) is 20.3 Å². The quantitative estimate of drug-likeness (QED) is 0.251. The molecule has 0 radical (unpaired) electrons. The molecule has 0 bridgehead atoms. The SMILES string of the molecule is COc1ccccc1/C=C\c1cc(/C=C\c2ccccc2OC)c([N+](=O)[O-])cc1[N+](=O)[O-]. The Morgan fingerprint density at radius 1 is 0.625 bits per heavy atom. The molecule has 0 aromatic heterocycles. The lowest BCUT2D eigenvalue weighted by Crippen LogP contribution is -1.98. The van der Waals surface area contributed by atoms with E-state index in [1.54, 1.807) is 48.6 Å². The molecular weight excluding hydrogens is 412 g/mol. The Morgan fingerprint density at radius 3 is 1.38 bits per heavy atom. The second-order valence-electron chi connectivity index (χ2n) is 6.63. The van der Waals surface area contributed by atoms with Crippen LogP contribution in [0, 0.1) is 20.2 Å². The standard InChI is InChI=1S/C24H20N2O6/c1-31-23-9-5-3-7-17(23)11-13-19-15-20(22(26(29)30)16-21(19)25(27)28)14-12-18-8-4-6-10-24(18)32-2/h3-16H,1-2H3/b13-11-,14-12-. The molecule has 3 aromatic carbocycles. The number of nitro benzene ring substituents is 2. The highest BCUT2D eigenvalue weighted by molar-refractivity contribution is 5.83. The molecule has 0 heterocycles. The van der Waals surface area contributed by atoms with Gasteiger partial charge in [-0.2, -0.15) is 0 Å². The zero-order chi connectivity index (χ0) is 23.1. The molecule has 0 fully saturated rings. The maximum Gasteiger partial charge on any atom is 0.283 e. The predicted octanol–water partition coefficient (Wildman–Crippen LogP) is 5.86. The van der Waals surface area contributed by atoms with Crippen molar-refractivity contribution in [3.05, 3.63) is 103 Å². The Labute approximate surface area is 184 Å². The van der Waals surface area contributed by atoms with Crippen molar-refractivity contribution in [2.24, 2.45) is 0 Å². The third-order valence-electron chi connectivity index (χ3n) is 4.73. The van der Waals surface area contributed by atoms with Crippen LogP contribution in [0.5, 0.6) is 11.5 Å². The molecular formula is C24H20N2O6. The van der Waals surface area contributed by atoms with Gasteiger partial charge in [0.1, 0.15) is 11.5 Å². The summed E-state index contributed by atoms with van der Waals surface area (Å²) in [6.45, 7) is 0. The fourth-order valence-corrected chi connectivity index (χ4v) is 3.16. The lowest BCUT2D eigenvalue weighted by atomic mass is 10.0. The third kappa shape index (κ3) is 4.99. The smallest absolute Gasteiger partial charge is 0.283 e. The van der Waals surface area contributed by atoms with Gasteiger partial charge in [0.05, 0.1) is 41.3 Å². The highest BCUT2D eigenvalue weighted by Gasteiger charge is 2.22. The number of benzene rings is 3. The van der Waals surface area contributed by atoms with E-state index in [1.807, 2.05) is 24.3 Å². The summed E-state index contributed by atoms with van der Waals surface area (Å²) in [5.74, 6) is 1.20. The summed E-state index contributed by atoms with van der Waals surface area (Å²) in [6, 6.07) is 16.8. The summed E-state index contributed by atoms with van der Waals surface area (Å²) in [5.41, 5.74) is 1.16. The van der Waals surface area contributed by atoms with Crippen LogP contribution in [0.25, 0.3) is 24.3 Å². The molecule has 0 unspecified atom stereocenters. The van der Waals surface area contributed by atoms with Gasteiger partial charge in [0, 0.05) is 11.1 Å². The molecule has 0 amide bonds. The average molecular weight is 432 g/mol. The molecule has 0 saturated heterocycles. The number of hydrogen-bond donors (Lipinski definition) is 0. The largest absolute Gasteiger partial charge is 0.496 e. The average Bonchev–Trinajstić information content (AvgIpc) is 2.81. The number of nitrogens with zero attached hydrogens (tertiary/aromatic N) is 2. The van der Waals surface area contributed by atoms with E-state index < -0.39 is 9.85 Å². The molecule has 0 N–H and O–H groups in total. The molecule has 32 heavy (non-hydrogen) atoms. The van der Waals surface area contributed by atoms with Gasteiger partial charge in [-0.3, -0.25) is 20.2 Å². The normalized spacial score (nSPS) is 11.1. The Morgan fingerprint density at radius 2 is 1.00 bits per heavy atom. The van der Waals surface area contributed by atoms with Crippen molar-refractivity contribution in [1.82, 2.24) is 0 Å². The van der Waals surface area contributed by atoms with Gasteiger partial charge in [-0.25, -0.2) is 0 Å². The summed E-state index contributed by atoms with van der Waals surface area (Å²) in [7, 11) is 3.06. The molecule has 3 rings (SSSR count). The number of rotatable bonds is 8. The Balaban J connectivity index is 2.11. The Bertz CT molecular complexity index is 1130. The molecule has 0 saturated carbocycles. The van der Waals surface area contributed by atoms with Gasteiger partial charge in [-0.05, 0) is 30.4 Å². The summed E-state index contributed by atoms with van der Waals surface area (Å²) in [4.78, 5) is 21.9. The zero-order valence-electron chi connectivity index (χ0n) is 17.4. The highest BCUT2D eigenvalue weighted by atomic mass is 16.6. The molecule has 8 nitrogen and oxygen atoms in total. The summed E-state index contributed by atoms with van der Waals surface area (Å²) in [5, 5.41) is 23.2. The number of ether oxygens (including phenoxy) is 2. The Kier molecular flexibility index (Phi) is 6.97. The maximum atomic E-state index is 11.6. The van der Waals surface area contributed by atoms with Gasteiger partial charge < -0.3 is 9.47 Å². The van der Waals surface area contributed by atoms with E-state index in [4.69, 9.17) is 9.47 Å². The van der Waals surface area contributed by atoms with Crippen molar-refractivity contribution < 1.29 is 19.3 Å². The van der Waals surface area contributed by atoms with E-state index in [2.05, 4.69) is 0 Å².